The van der Waals surface area contributed by atoms with Crippen molar-refractivity contribution in [2.24, 2.45) is 11.8 Å². The lowest BCUT2D eigenvalue weighted by molar-refractivity contribution is 0.452. The van der Waals surface area contributed by atoms with Crippen LogP contribution in [0.15, 0.2) is 60.7 Å². The van der Waals surface area contributed by atoms with Crippen molar-refractivity contribution in [1.29, 1.82) is 0 Å². The molecular weight excluding hydrogens is 316 g/mol. The summed E-state index contributed by atoms with van der Waals surface area (Å²) in [7, 11) is 0. The quantitative estimate of drug-likeness (QED) is 0.629. The van der Waals surface area contributed by atoms with E-state index in [1.807, 2.05) is 0 Å². The zero-order chi connectivity index (χ0) is 16.5. The lowest BCUT2D eigenvalue weighted by Gasteiger charge is -2.39. The van der Waals surface area contributed by atoms with Gasteiger partial charge in [0.1, 0.15) is 0 Å². The van der Waals surface area contributed by atoms with Crippen LogP contribution in [0.25, 0.3) is 0 Å². The topological polar surface area (TPSA) is 0 Å². The number of rotatable bonds is 4. The fraction of sp³-hybridized carbons (Fsp3) is 0.429. The van der Waals surface area contributed by atoms with Crippen molar-refractivity contribution in [1.82, 2.24) is 0 Å². The second-order valence-electron chi connectivity index (χ2n) is 6.98. The number of hydrogen-bond donors (Lipinski definition) is 0. The average Bonchev–Trinajstić information content (AvgIpc) is 3.00. The third-order valence-corrected chi connectivity index (χ3v) is 9.91. The van der Waals surface area contributed by atoms with Crippen LogP contribution in [0, 0.1) is 11.8 Å². The maximum atomic E-state index is 2.38. The van der Waals surface area contributed by atoms with Crippen molar-refractivity contribution >= 4 is 23.5 Å². The molecule has 0 nitrogen and oxygen atoms in total. The van der Waals surface area contributed by atoms with Crippen LogP contribution in [0.1, 0.15) is 38.8 Å². The van der Waals surface area contributed by atoms with Gasteiger partial charge in [0.25, 0.3) is 0 Å². The lowest BCUT2D eigenvalue weighted by atomic mass is 9.92. The van der Waals surface area contributed by atoms with Gasteiger partial charge < -0.3 is 0 Å². The van der Waals surface area contributed by atoms with Gasteiger partial charge in [0, 0.05) is 5.75 Å². The molecule has 1 aliphatic heterocycles. The van der Waals surface area contributed by atoms with E-state index in [1.165, 1.54) is 11.1 Å². The van der Waals surface area contributed by atoms with Crippen molar-refractivity contribution in [3.05, 3.63) is 71.8 Å². The fourth-order valence-corrected chi connectivity index (χ4v) is 7.85. The van der Waals surface area contributed by atoms with Crippen LogP contribution in [0.3, 0.4) is 0 Å². The molecule has 1 fully saturated rings. The Kier molecular flexibility index (Phi) is 4.85. The standard InChI is InChI=1S/C21H26S2/c1-16(2)21(17(3)4)22-15-20(23-21,18-11-7-5-8-12-18)19-13-9-6-10-14-19/h5-14,16-17H,15H2,1-4H3. The predicted molar refractivity (Wildman–Crippen MR) is 106 cm³/mol. The molecule has 1 heterocycles. The molecule has 0 bridgehead atoms. The highest BCUT2D eigenvalue weighted by molar-refractivity contribution is 8.22. The van der Waals surface area contributed by atoms with Crippen LogP contribution in [-0.2, 0) is 4.75 Å². The summed E-state index contributed by atoms with van der Waals surface area (Å²) in [5, 5.41) is 0. The lowest BCUT2D eigenvalue weighted by Crippen LogP contribution is -2.33. The summed E-state index contributed by atoms with van der Waals surface area (Å²) in [6.07, 6.45) is 0. The first-order valence-electron chi connectivity index (χ1n) is 8.46. The summed E-state index contributed by atoms with van der Waals surface area (Å²) < 4.78 is 0.327. The van der Waals surface area contributed by atoms with Crippen molar-refractivity contribution in [2.45, 2.75) is 36.5 Å². The normalized spacial score (nSPS) is 19.4. The van der Waals surface area contributed by atoms with Crippen LogP contribution in [0.4, 0.5) is 0 Å². The maximum Gasteiger partial charge on any atom is 0.0761 e. The largest absolute Gasteiger partial charge is 0.141 e. The van der Waals surface area contributed by atoms with Gasteiger partial charge in [-0.3, -0.25) is 0 Å². The molecule has 2 aromatic carbocycles. The highest BCUT2D eigenvalue weighted by Gasteiger charge is 2.54. The van der Waals surface area contributed by atoms with E-state index in [2.05, 4.69) is 112 Å². The van der Waals surface area contributed by atoms with E-state index < -0.39 is 0 Å². The van der Waals surface area contributed by atoms with Gasteiger partial charge in [0.2, 0.25) is 0 Å². The van der Waals surface area contributed by atoms with Gasteiger partial charge in [-0.25, -0.2) is 0 Å². The monoisotopic (exact) mass is 342 g/mol. The van der Waals surface area contributed by atoms with Crippen molar-refractivity contribution < 1.29 is 0 Å². The van der Waals surface area contributed by atoms with Gasteiger partial charge in [-0.2, -0.15) is 0 Å². The first-order chi connectivity index (χ1) is 11.0. The number of hydrogen-bond acceptors (Lipinski definition) is 2. The van der Waals surface area contributed by atoms with E-state index >= 15 is 0 Å². The number of thioether (sulfide) groups is 2. The van der Waals surface area contributed by atoms with E-state index in [0.717, 1.165) is 5.75 Å². The van der Waals surface area contributed by atoms with Crippen LogP contribution in [0.5, 0.6) is 0 Å². The molecule has 0 radical (unpaired) electrons. The molecule has 0 saturated carbocycles. The van der Waals surface area contributed by atoms with Crippen molar-refractivity contribution in [3.63, 3.8) is 0 Å². The molecule has 0 unspecified atom stereocenters. The highest BCUT2D eigenvalue weighted by atomic mass is 32.2. The van der Waals surface area contributed by atoms with Gasteiger partial charge in [-0.05, 0) is 23.0 Å². The van der Waals surface area contributed by atoms with Gasteiger partial charge in [-0.1, -0.05) is 88.4 Å². The van der Waals surface area contributed by atoms with Crippen LogP contribution in [-0.4, -0.2) is 9.83 Å². The van der Waals surface area contributed by atoms with Crippen LogP contribution < -0.4 is 0 Å². The van der Waals surface area contributed by atoms with E-state index in [9.17, 15) is 0 Å². The molecule has 0 spiro atoms. The molecule has 0 N–H and O–H groups in total. The zero-order valence-corrected chi connectivity index (χ0v) is 16.1. The Morgan fingerprint density at radius 2 is 1.17 bits per heavy atom. The Balaban J connectivity index is 2.13. The minimum Gasteiger partial charge on any atom is -0.141 e. The van der Waals surface area contributed by atoms with Crippen LogP contribution >= 0.6 is 23.5 Å². The summed E-state index contributed by atoms with van der Waals surface area (Å²) in [6.45, 7) is 9.52. The summed E-state index contributed by atoms with van der Waals surface area (Å²) in [4.78, 5) is 0. The molecule has 122 valence electrons. The minimum atomic E-state index is 0.0573. The van der Waals surface area contributed by atoms with Gasteiger partial charge in [0.15, 0.2) is 0 Å². The first-order valence-corrected chi connectivity index (χ1v) is 10.3. The fourth-order valence-electron chi connectivity index (χ4n) is 3.65. The second-order valence-corrected chi connectivity index (χ2v) is 10.1. The average molecular weight is 343 g/mol. The second kappa shape index (κ2) is 6.57. The van der Waals surface area contributed by atoms with E-state index in [4.69, 9.17) is 0 Å². The van der Waals surface area contributed by atoms with Crippen molar-refractivity contribution in [2.75, 3.05) is 5.75 Å². The van der Waals surface area contributed by atoms with Gasteiger partial charge in [-0.15, -0.1) is 23.5 Å². The smallest absolute Gasteiger partial charge is 0.0761 e. The molecule has 3 rings (SSSR count). The summed E-state index contributed by atoms with van der Waals surface area (Å²) >= 11 is 4.36. The zero-order valence-electron chi connectivity index (χ0n) is 14.5. The third kappa shape index (κ3) is 2.85. The Morgan fingerprint density at radius 3 is 1.52 bits per heavy atom. The first kappa shape index (κ1) is 17.0. The Labute approximate surface area is 149 Å². The molecular formula is C21H26S2. The Hall–Kier alpha value is -0.860. The molecule has 0 amide bonds. The highest BCUT2D eigenvalue weighted by Crippen LogP contribution is 2.66. The van der Waals surface area contributed by atoms with Gasteiger partial charge in [0.05, 0.1) is 8.83 Å². The Morgan fingerprint density at radius 1 is 0.739 bits per heavy atom. The predicted octanol–water partition coefficient (Wildman–Crippen LogP) is 6.42. The molecule has 2 heteroatoms. The molecule has 0 aliphatic carbocycles. The third-order valence-electron chi connectivity index (χ3n) is 4.92. The molecule has 0 atom stereocenters. The van der Waals surface area contributed by atoms with Crippen LogP contribution in [0.2, 0.25) is 0 Å². The minimum absolute atomic E-state index is 0.0573. The molecule has 2 aromatic rings. The Bertz CT molecular complexity index is 584. The summed E-state index contributed by atoms with van der Waals surface area (Å²) in [5.74, 6) is 2.43. The summed E-state index contributed by atoms with van der Waals surface area (Å²) in [6, 6.07) is 22.2. The van der Waals surface area contributed by atoms with Gasteiger partial charge >= 0.3 is 0 Å². The maximum absolute atomic E-state index is 2.38. The SMILES string of the molecule is CC(C)C1(C(C)C)SCC(c2ccccc2)(c2ccccc2)S1. The molecule has 1 saturated heterocycles. The van der Waals surface area contributed by atoms with E-state index in [-0.39, 0.29) is 8.83 Å². The molecule has 23 heavy (non-hydrogen) atoms. The molecule has 0 aromatic heterocycles. The molecule has 1 aliphatic rings. The number of benzene rings is 2. The van der Waals surface area contributed by atoms with E-state index in [0.29, 0.717) is 11.8 Å². The van der Waals surface area contributed by atoms with Crippen molar-refractivity contribution in [3.8, 4) is 0 Å². The van der Waals surface area contributed by atoms with E-state index in [1.54, 1.807) is 0 Å². The summed E-state index contributed by atoms with van der Waals surface area (Å²) in [5.41, 5.74) is 2.87.